The van der Waals surface area contributed by atoms with Gasteiger partial charge in [0.1, 0.15) is 0 Å². The van der Waals surface area contributed by atoms with Crippen molar-refractivity contribution >= 4 is 5.71 Å². The first-order chi connectivity index (χ1) is 6.60. The molecule has 76 valence electrons. The van der Waals surface area contributed by atoms with Gasteiger partial charge in [0.05, 0.1) is 5.71 Å². The van der Waals surface area contributed by atoms with Gasteiger partial charge in [-0.15, -0.1) is 0 Å². The van der Waals surface area contributed by atoms with Crippen molar-refractivity contribution in [3.63, 3.8) is 0 Å². The van der Waals surface area contributed by atoms with Crippen LogP contribution in [-0.2, 0) is 0 Å². The molecule has 0 fully saturated rings. The minimum atomic E-state index is 0.751. The molecule has 14 heavy (non-hydrogen) atoms. The van der Waals surface area contributed by atoms with Gasteiger partial charge in [-0.1, -0.05) is 29.8 Å². The lowest BCUT2D eigenvalue weighted by Gasteiger charge is -2.11. The van der Waals surface area contributed by atoms with E-state index in [9.17, 15) is 0 Å². The van der Waals surface area contributed by atoms with Gasteiger partial charge in [0, 0.05) is 5.56 Å². The first kappa shape index (κ1) is 10.8. The molecular weight excluding hydrogens is 174 g/mol. The fraction of sp³-hybridized carbons (Fsp3) is 0.417. The van der Waals surface area contributed by atoms with Crippen LogP contribution in [0.4, 0.5) is 0 Å². The van der Waals surface area contributed by atoms with E-state index in [1.54, 1.807) is 0 Å². The van der Waals surface area contributed by atoms with Crippen molar-refractivity contribution in [3.05, 3.63) is 34.4 Å². The molecule has 0 saturated carbocycles. The first-order valence-electron chi connectivity index (χ1n) is 4.89. The molecule has 0 spiro atoms. The van der Waals surface area contributed by atoms with Crippen LogP contribution in [0.3, 0.4) is 0 Å². The molecule has 1 aromatic rings. The summed E-state index contributed by atoms with van der Waals surface area (Å²) in [5.74, 6) is 0. The molecule has 0 aliphatic heterocycles. The van der Waals surface area contributed by atoms with Crippen LogP contribution in [0.5, 0.6) is 0 Å². The van der Waals surface area contributed by atoms with Crippen molar-refractivity contribution in [2.24, 2.45) is 5.16 Å². The molecule has 2 heteroatoms. The monoisotopic (exact) mass is 191 g/mol. The highest BCUT2D eigenvalue weighted by Crippen LogP contribution is 2.18. The molecule has 0 aliphatic rings. The zero-order chi connectivity index (χ0) is 10.7. The van der Waals surface area contributed by atoms with Crippen LogP contribution in [0.15, 0.2) is 17.3 Å². The predicted octanol–water partition coefficient (Wildman–Crippen LogP) is 3.20. The van der Waals surface area contributed by atoms with E-state index in [2.05, 4.69) is 38.1 Å². The van der Waals surface area contributed by atoms with Crippen molar-refractivity contribution < 1.29 is 5.21 Å². The summed E-state index contributed by atoms with van der Waals surface area (Å²) < 4.78 is 0. The van der Waals surface area contributed by atoms with E-state index in [1.807, 2.05) is 6.92 Å². The van der Waals surface area contributed by atoms with Crippen LogP contribution in [0.25, 0.3) is 0 Å². The number of hydrogen-bond acceptors (Lipinski definition) is 2. The van der Waals surface area contributed by atoms with Gasteiger partial charge in [0.2, 0.25) is 0 Å². The fourth-order valence-electron chi connectivity index (χ4n) is 1.93. The molecule has 0 aliphatic carbocycles. The van der Waals surface area contributed by atoms with Crippen LogP contribution < -0.4 is 0 Å². The summed E-state index contributed by atoms with van der Waals surface area (Å²) in [7, 11) is 0. The van der Waals surface area contributed by atoms with E-state index >= 15 is 0 Å². The van der Waals surface area contributed by atoms with Gasteiger partial charge in [-0.3, -0.25) is 0 Å². The minimum Gasteiger partial charge on any atom is -0.411 e. The van der Waals surface area contributed by atoms with Gasteiger partial charge in [-0.05, 0) is 38.3 Å². The van der Waals surface area contributed by atoms with E-state index < -0.39 is 0 Å². The zero-order valence-corrected chi connectivity index (χ0v) is 9.26. The topological polar surface area (TPSA) is 32.6 Å². The van der Waals surface area contributed by atoms with Crippen LogP contribution >= 0.6 is 0 Å². The Morgan fingerprint density at radius 1 is 1.21 bits per heavy atom. The Hall–Kier alpha value is -1.31. The van der Waals surface area contributed by atoms with Gasteiger partial charge in [0.25, 0.3) is 0 Å². The first-order valence-corrected chi connectivity index (χ1v) is 4.89. The summed E-state index contributed by atoms with van der Waals surface area (Å²) in [4.78, 5) is 0. The standard InChI is InChI=1S/C12H17NO/c1-5-11(13-14)12-9(3)6-8(2)7-10(12)4/h6-7,14H,5H2,1-4H3/b13-11-. The minimum absolute atomic E-state index is 0.751. The predicted molar refractivity (Wildman–Crippen MR) is 59.3 cm³/mol. The molecule has 1 N–H and O–H groups in total. The molecule has 0 amide bonds. The molecule has 0 saturated heterocycles. The Kier molecular flexibility index (Phi) is 3.28. The molecule has 1 rings (SSSR count). The maximum Gasteiger partial charge on any atom is 0.0870 e. The number of aryl methyl sites for hydroxylation is 3. The molecule has 2 nitrogen and oxygen atoms in total. The molecular formula is C12H17NO. The lowest BCUT2D eigenvalue weighted by molar-refractivity contribution is 0.318. The molecule has 0 bridgehead atoms. The molecule has 0 heterocycles. The second-order valence-corrected chi connectivity index (χ2v) is 3.67. The van der Waals surface area contributed by atoms with Gasteiger partial charge in [-0.2, -0.15) is 0 Å². The molecule has 0 atom stereocenters. The highest BCUT2D eigenvalue weighted by Gasteiger charge is 2.09. The Bertz CT molecular complexity index is 344. The average molecular weight is 191 g/mol. The molecule has 0 unspecified atom stereocenters. The number of nitrogens with zero attached hydrogens (tertiary/aromatic N) is 1. The van der Waals surface area contributed by atoms with Gasteiger partial charge in [0.15, 0.2) is 0 Å². The van der Waals surface area contributed by atoms with Crippen molar-refractivity contribution in [2.45, 2.75) is 34.1 Å². The van der Waals surface area contributed by atoms with E-state index in [1.165, 1.54) is 16.7 Å². The summed E-state index contributed by atoms with van der Waals surface area (Å²) in [6.07, 6.45) is 0.751. The lowest BCUT2D eigenvalue weighted by Crippen LogP contribution is -2.05. The van der Waals surface area contributed by atoms with Gasteiger partial charge >= 0.3 is 0 Å². The smallest absolute Gasteiger partial charge is 0.0870 e. The van der Waals surface area contributed by atoms with Crippen LogP contribution in [0, 0.1) is 20.8 Å². The fourth-order valence-corrected chi connectivity index (χ4v) is 1.93. The second-order valence-electron chi connectivity index (χ2n) is 3.67. The quantitative estimate of drug-likeness (QED) is 0.434. The van der Waals surface area contributed by atoms with E-state index in [-0.39, 0.29) is 0 Å². The van der Waals surface area contributed by atoms with Crippen molar-refractivity contribution in [3.8, 4) is 0 Å². The van der Waals surface area contributed by atoms with Crippen molar-refractivity contribution in [1.29, 1.82) is 0 Å². The van der Waals surface area contributed by atoms with Crippen molar-refractivity contribution in [1.82, 2.24) is 0 Å². The third-order valence-electron chi connectivity index (χ3n) is 2.42. The maximum absolute atomic E-state index is 8.89. The summed E-state index contributed by atoms with van der Waals surface area (Å²) in [6, 6.07) is 4.23. The third kappa shape index (κ3) is 1.95. The van der Waals surface area contributed by atoms with E-state index in [0.717, 1.165) is 17.7 Å². The largest absolute Gasteiger partial charge is 0.411 e. The van der Waals surface area contributed by atoms with Crippen LogP contribution in [0.2, 0.25) is 0 Å². The number of benzene rings is 1. The summed E-state index contributed by atoms with van der Waals surface area (Å²) >= 11 is 0. The summed E-state index contributed by atoms with van der Waals surface area (Å²) in [6.45, 7) is 8.17. The summed E-state index contributed by atoms with van der Waals surface area (Å²) in [5.41, 5.74) is 5.45. The van der Waals surface area contributed by atoms with Gasteiger partial charge < -0.3 is 5.21 Å². The van der Waals surface area contributed by atoms with Gasteiger partial charge in [-0.25, -0.2) is 0 Å². The highest BCUT2D eigenvalue weighted by molar-refractivity contribution is 6.02. The maximum atomic E-state index is 8.89. The Morgan fingerprint density at radius 3 is 2.07 bits per heavy atom. The van der Waals surface area contributed by atoms with Crippen LogP contribution in [-0.4, -0.2) is 10.9 Å². The SMILES string of the molecule is CC/C(=N/O)c1c(C)cc(C)cc1C. The Morgan fingerprint density at radius 2 is 1.71 bits per heavy atom. The lowest BCUT2D eigenvalue weighted by atomic mass is 9.95. The molecule has 0 aromatic heterocycles. The molecule has 0 radical (unpaired) electrons. The van der Waals surface area contributed by atoms with E-state index in [4.69, 9.17) is 5.21 Å². The summed E-state index contributed by atoms with van der Waals surface area (Å²) in [5, 5.41) is 12.2. The average Bonchev–Trinajstić information content (AvgIpc) is 2.10. The van der Waals surface area contributed by atoms with E-state index in [0.29, 0.717) is 0 Å². The second kappa shape index (κ2) is 4.27. The molecule has 1 aromatic carbocycles. The zero-order valence-electron chi connectivity index (χ0n) is 9.26. The number of hydrogen-bond donors (Lipinski definition) is 1. The normalized spacial score (nSPS) is 11.9. The highest BCUT2D eigenvalue weighted by atomic mass is 16.4. The Balaban J connectivity index is 3.34. The number of rotatable bonds is 2. The number of oxime groups is 1. The Labute approximate surface area is 85.3 Å². The third-order valence-corrected chi connectivity index (χ3v) is 2.42. The van der Waals surface area contributed by atoms with Crippen LogP contribution in [0.1, 0.15) is 35.6 Å². The van der Waals surface area contributed by atoms with Crippen molar-refractivity contribution in [2.75, 3.05) is 0 Å².